The van der Waals surface area contributed by atoms with Gasteiger partial charge >= 0.3 is 5.97 Å². The molecule has 41 heavy (non-hydrogen) atoms. The van der Waals surface area contributed by atoms with Crippen LogP contribution in [0.3, 0.4) is 0 Å². The summed E-state index contributed by atoms with van der Waals surface area (Å²) >= 11 is 8.12. The number of aliphatic carboxylic acids is 1. The average molecular weight is 620 g/mol. The van der Waals surface area contributed by atoms with Gasteiger partial charge in [0.15, 0.2) is 0 Å². The highest BCUT2D eigenvalue weighted by atomic mass is 35.5. The number of carbonyl (C=O) groups is 1. The number of fused-ring (bicyclic) bond motifs is 2. The zero-order chi connectivity index (χ0) is 29.7. The Bertz CT molecular complexity index is 1600. The van der Waals surface area contributed by atoms with Crippen LogP contribution in [0, 0.1) is 12.3 Å². The third-order valence-corrected chi connectivity index (χ3v) is 11.2. The van der Waals surface area contributed by atoms with E-state index in [1.54, 1.807) is 36.5 Å². The normalized spacial score (nSPS) is 18.9. The summed E-state index contributed by atoms with van der Waals surface area (Å²) in [5, 5.41) is 18.9. The van der Waals surface area contributed by atoms with Gasteiger partial charge in [0.2, 0.25) is 5.88 Å². The van der Waals surface area contributed by atoms with Crippen molar-refractivity contribution >= 4 is 50.7 Å². The highest BCUT2D eigenvalue weighted by Gasteiger charge is 2.42. The van der Waals surface area contributed by atoms with E-state index in [-0.39, 0.29) is 30.0 Å². The van der Waals surface area contributed by atoms with Crippen molar-refractivity contribution in [2.24, 2.45) is 5.41 Å². The zero-order valence-electron chi connectivity index (χ0n) is 23.5. The van der Waals surface area contributed by atoms with Crippen molar-refractivity contribution in [2.75, 3.05) is 6.54 Å². The summed E-state index contributed by atoms with van der Waals surface area (Å²) in [4.78, 5) is 17.8. The smallest absolute Gasteiger partial charge is 0.310 e. The van der Waals surface area contributed by atoms with E-state index in [1.807, 2.05) is 43.7 Å². The highest BCUT2D eigenvalue weighted by Crippen LogP contribution is 2.57. The molecule has 2 atom stereocenters. The van der Waals surface area contributed by atoms with Gasteiger partial charge < -0.3 is 9.84 Å². The maximum absolute atomic E-state index is 12.6. The molecular formula is C28H34ClN5O5S2. The molecule has 10 nitrogen and oxygen atoms in total. The molecule has 4 heterocycles. The first-order chi connectivity index (χ1) is 19.4. The maximum Gasteiger partial charge on any atom is 0.310 e. The number of aromatic nitrogens is 4. The molecule has 220 valence electrons. The summed E-state index contributed by atoms with van der Waals surface area (Å²) < 4.78 is 32.7. The van der Waals surface area contributed by atoms with Crippen LogP contribution in [0.4, 0.5) is 0 Å². The van der Waals surface area contributed by atoms with Crippen LogP contribution in [-0.4, -0.2) is 57.1 Å². The number of rotatable bonds is 8. The van der Waals surface area contributed by atoms with Gasteiger partial charge in [-0.05, 0) is 75.1 Å². The van der Waals surface area contributed by atoms with Gasteiger partial charge in [0.1, 0.15) is 16.5 Å². The Hall–Kier alpha value is -2.74. The Kier molecular flexibility index (Phi) is 8.09. The van der Waals surface area contributed by atoms with Gasteiger partial charge in [-0.15, -0.1) is 27.2 Å². The molecule has 5 rings (SSSR count). The maximum atomic E-state index is 12.6. The van der Waals surface area contributed by atoms with Crippen molar-refractivity contribution in [3.8, 4) is 5.88 Å². The Morgan fingerprint density at radius 2 is 2.05 bits per heavy atom. The van der Waals surface area contributed by atoms with Crippen LogP contribution in [0.5, 0.6) is 5.88 Å². The second kappa shape index (κ2) is 11.2. The molecule has 0 radical (unpaired) electrons. The Morgan fingerprint density at radius 3 is 2.73 bits per heavy atom. The van der Waals surface area contributed by atoms with E-state index in [2.05, 4.69) is 15.3 Å². The minimum absolute atomic E-state index is 0.134. The topological polar surface area (TPSA) is 134 Å². The van der Waals surface area contributed by atoms with E-state index < -0.39 is 28.1 Å². The molecule has 3 N–H and O–H groups in total. The minimum atomic E-state index is -3.43. The number of halogens is 1. The van der Waals surface area contributed by atoms with E-state index in [0.29, 0.717) is 22.9 Å². The number of hydrogen-bond donors (Lipinski definition) is 3. The van der Waals surface area contributed by atoms with E-state index in [4.69, 9.17) is 16.3 Å². The van der Waals surface area contributed by atoms with E-state index in [0.717, 1.165) is 27.0 Å². The largest absolute Gasteiger partial charge is 0.481 e. The minimum Gasteiger partial charge on any atom is -0.481 e. The van der Waals surface area contributed by atoms with E-state index >= 15 is 0 Å². The molecule has 0 bridgehead atoms. The predicted molar refractivity (Wildman–Crippen MR) is 161 cm³/mol. The zero-order valence-corrected chi connectivity index (χ0v) is 25.9. The molecule has 0 amide bonds. The second-order valence-corrected chi connectivity index (χ2v) is 14.4. The lowest BCUT2D eigenvalue weighted by atomic mass is 9.72. The van der Waals surface area contributed by atoms with Gasteiger partial charge in [0, 0.05) is 30.1 Å². The highest BCUT2D eigenvalue weighted by molar-refractivity contribution is 8.22. The molecule has 1 aliphatic heterocycles. The molecule has 1 aromatic carbocycles. The monoisotopic (exact) mass is 619 g/mol. The molecule has 0 spiro atoms. The fraction of sp³-hybridized carbons (Fsp3) is 0.429. The molecule has 0 saturated carbocycles. The van der Waals surface area contributed by atoms with Crippen molar-refractivity contribution in [3.63, 3.8) is 0 Å². The number of nitrogens with zero attached hydrogens (tertiary/aromatic N) is 5. The molecule has 0 saturated heterocycles. The SMILES string of the molecule is CCC1CN(Cc2cc(C(c3ccc4c(nnn4CC)c3C)C(C)(C)C(=O)O)sc2Cl)S(O)(O)c2cccnc2O1. The molecule has 4 aromatic rings. The lowest BCUT2D eigenvalue weighted by Gasteiger charge is -2.41. The quantitative estimate of drug-likeness (QED) is 0.194. The number of aryl methyl sites for hydroxylation is 2. The molecule has 0 aliphatic carbocycles. The van der Waals surface area contributed by atoms with Gasteiger partial charge in [-0.2, -0.15) is 4.31 Å². The lowest BCUT2D eigenvalue weighted by Crippen LogP contribution is -2.34. The van der Waals surface area contributed by atoms with Crippen LogP contribution < -0.4 is 4.74 Å². The first kappa shape index (κ1) is 29.7. The number of ether oxygens (including phenoxy) is 1. The number of carboxylic acid groups (broad SMARTS) is 1. The third-order valence-electron chi connectivity index (χ3n) is 7.81. The predicted octanol–water partition coefficient (Wildman–Crippen LogP) is 6.81. The van der Waals surface area contributed by atoms with E-state index in [9.17, 15) is 19.0 Å². The van der Waals surface area contributed by atoms with Crippen molar-refractivity contribution in [2.45, 2.75) is 71.0 Å². The summed E-state index contributed by atoms with van der Waals surface area (Å²) in [6.07, 6.45) is 1.90. The third kappa shape index (κ3) is 5.21. The molecule has 1 aliphatic rings. The second-order valence-electron chi connectivity index (χ2n) is 10.8. The molecule has 0 fully saturated rings. The van der Waals surface area contributed by atoms with Gasteiger partial charge in [0.05, 0.1) is 21.8 Å². The Morgan fingerprint density at radius 1 is 1.29 bits per heavy atom. The molecule has 3 aromatic heterocycles. The van der Waals surface area contributed by atoms with Crippen LogP contribution in [-0.2, 0) is 17.9 Å². The number of thiophene rings is 1. The standard InChI is InChI=1S/C28H34ClN5O5S2/c1-6-18-15-33(41(37,38)22-9-8-12-30-26(22)39-18)14-17-13-21(40-25(17)29)23(28(4,5)27(35)36)19-10-11-20-24(16(19)3)31-32-34(20)7-2/h8-13,18,23,37-38H,6-7,14-15H2,1-5H3,(H,35,36). The summed E-state index contributed by atoms with van der Waals surface area (Å²) in [6.45, 7) is 10.4. The Balaban J connectivity index is 1.58. The number of benzene rings is 1. The average Bonchev–Trinajstić information content (AvgIpc) is 3.49. The van der Waals surface area contributed by atoms with Gasteiger partial charge in [-0.3, -0.25) is 13.9 Å². The van der Waals surface area contributed by atoms with Gasteiger partial charge in [-0.1, -0.05) is 29.8 Å². The molecule has 13 heteroatoms. The summed E-state index contributed by atoms with van der Waals surface area (Å²) in [6, 6.07) is 9.04. The Labute approximate surface area is 249 Å². The first-order valence-corrected chi connectivity index (χ1v) is 16.1. The van der Waals surface area contributed by atoms with E-state index in [1.165, 1.54) is 11.3 Å². The number of pyridine rings is 1. The number of hydrogen-bond acceptors (Lipinski definition) is 9. The first-order valence-electron chi connectivity index (χ1n) is 13.4. The summed E-state index contributed by atoms with van der Waals surface area (Å²) in [5.41, 5.74) is 2.80. The van der Waals surface area contributed by atoms with Crippen molar-refractivity contribution in [1.29, 1.82) is 0 Å². The van der Waals surface area contributed by atoms with Gasteiger partial charge in [-0.25, -0.2) is 9.67 Å². The fourth-order valence-corrected chi connectivity index (χ4v) is 8.47. The van der Waals surface area contributed by atoms with Crippen LogP contribution in [0.1, 0.15) is 61.6 Å². The van der Waals surface area contributed by atoms with Crippen LogP contribution >= 0.6 is 33.7 Å². The van der Waals surface area contributed by atoms with Gasteiger partial charge in [0.25, 0.3) is 0 Å². The molecular weight excluding hydrogens is 586 g/mol. The van der Waals surface area contributed by atoms with Crippen molar-refractivity contribution < 1.29 is 23.7 Å². The fourth-order valence-electron chi connectivity index (χ4n) is 5.32. The van der Waals surface area contributed by atoms with Crippen molar-refractivity contribution in [3.05, 3.63) is 62.4 Å². The lowest BCUT2D eigenvalue weighted by molar-refractivity contribution is -0.147. The number of carboxylic acids is 1. The molecule has 2 unspecified atom stereocenters. The summed E-state index contributed by atoms with van der Waals surface area (Å²) in [5.74, 6) is -1.28. The summed E-state index contributed by atoms with van der Waals surface area (Å²) in [7, 11) is -3.43. The van der Waals surface area contributed by atoms with Crippen LogP contribution in [0.2, 0.25) is 4.34 Å². The van der Waals surface area contributed by atoms with Crippen LogP contribution in [0.15, 0.2) is 41.4 Å². The van der Waals surface area contributed by atoms with Crippen LogP contribution in [0.25, 0.3) is 11.0 Å². The van der Waals surface area contributed by atoms with Crippen molar-refractivity contribution in [1.82, 2.24) is 24.3 Å².